The Balaban J connectivity index is 1.95. The van der Waals surface area contributed by atoms with Gasteiger partial charge in [-0.15, -0.1) is 0 Å². The van der Waals surface area contributed by atoms with Crippen LogP contribution in [0.15, 0.2) is 42.6 Å². The minimum absolute atomic E-state index is 0.344. The van der Waals surface area contributed by atoms with Gasteiger partial charge in [-0.3, -0.25) is 10.3 Å². The van der Waals surface area contributed by atoms with Crippen LogP contribution in [-0.2, 0) is 0 Å². The Hall–Kier alpha value is -3.10. The van der Waals surface area contributed by atoms with Gasteiger partial charge in [0.25, 0.3) is 0 Å². The highest BCUT2D eigenvalue weighted by molar-refractivity contribution is 5.89. The zero-order chi connectivity index (χ0) is 17.8. The number of pyridine rings is 1. The maximum atomic E-state index is 11.6. The van der Waals surface area contributed by atoms with Crippen molar-refractivity contribution in [2.24, 2.45) is 0 Å². The summed E-state index contributed by atoms with van der Waals surface area (Å²) in [6, 6.07) is 9.74. The molecule has 1 aromatic carbocycles. The average Bonchev–Trinajstić information content (AvgIpc) is 2.61. The summed E-state index contributed by atoms with van der Waals surface area (Å²) in [5, 5.41) is 23.8. The molecular weight excluding hydrogens is 322 g/mol. The van der Waals surface area contributed by atoms with E-state index in [1.807, 2.05) is 6.92 Å². The van der Waals surface area contributed by atoms with Gasteiger partial charge in [-0.1, -0.05) is 18.2 Å². The number of hydrogen-bond donors (Lipinski definition) is 4. The topological polar surface area (TPSA) is 120 Å². The fourth-order valence-electron chi connectivity index (χ4n) is 2.29. The van der Waals surface area contributed by atoms with Crippen molar-refractivity contribution in [3.8, 4) is 11.3 Å². The number of fused-ring (bicyclic) bond motifs is 1. The molecule has 8 nitrogen and oxygen atoms in total. The minimum atomic E-state index is -1.56. The molecule has 4 N–H and O–H groups in total. The molecule has 0 aliphatic carbocycles. The van der Waals surface area contributed by atoms with Gasteiger partial charge in [0.05, 0.1) is 11.9 Å². The predicted octanol–water partition coefficient (Wildman–Crippen LogP) is 1.82. The summed E-state index contributed by atoms with van der Waals surface area (Å²) >= 11 is 0. The Labute approximate surface area is 143 Å². The van der Waals surface area contributed by atoms with E-state index in [-0.39, 0.29) is 6.03 Å². The first-order valence-corrected chi connectivity index (χ1v) is 7.72. The van der Waals surface area contributed by atoms with Gasteiger partial charge >= 0.3 is 6.03 Å². The second-order valence-corrected chi connectivity index (χ2v) is 5.28. The second-order valence-electron chi connectivity index (χ2n) is 5.28. The van der Waals surface area contributed by atoms with E-state index in [4.69, 9.17) is 0 Å². The van der Waals surface area contributed by atoms with Crippen molar-refractivity contribution in [2.75, 3.05) is 11.9 Å². The third-order valence-corrected chi connectivity index (χ3v) is 3.47. The molecule has 128 valence electrons. The van der Waals surface area contributed by atoms with Gasteiger partial charge in [-0.25, -0.2) is 14.8 Å². The summed E-state index contributed by atoms with van der Waals surface area (Å²) in [7, 11) is 0. The van der Waals surface area contributed by atoms with Crippen molar-refractivity contribution >= 4 is 23.0 Å². The molecule has 0 fully saturated rings. The van der Waals surface area contributed by atoms with Crippen LogP contribution in [0.1, 0.15) is 18.8 Å². The Morgan fingerprint density at radius 3 is 2.80 bits per heavy atom. The number of nitrogens with zero attached hydrogens (tertiary/aromatic N) is 3. The monoisotopic (exact) mass is 339 g/mol. The second kappa shape index (κ2) is 7.20. The van der Waals surface area contributed by atoms with E-state index >= 15 is 0 Å². The molecule has 0 spiro atoms. The zero-order valence-electron chi connectivity index (χ0n) is 13.5. The minimum Gasteiger partial charge on any atom is -0.364 e. The highest BCUT2D eigenvalue weighted by Gasteiger charge is 2.09. The number of urea groups is 1. The number of aliphatic hydroxyl groups excluding tert-OH is 1. The van der Waals surface area contributed by atoms with Crippen molar-refractivity contribution in [1.29, 1.82) is 0 Å². The number of amides is 2. The standard InChI is InChI=1S/C17H17N5O3/c1-2-18-17(25)22-14-7-6-12-15(21-14)20-13(9-19-12)10-4-3-5-11(8-10)16(23)24/h3-9,16,23-24H,2H2,1H3,(H2,18,20,21,22,25). The number of nitrogens with one attached hydrogen (secondary N) is 2. The van der Waals surface area contributed by atoms with Crippen LogP contribution in [0.4, 0.5) is 10.6 Å². The smallest absolute Gasteiger partial charge is 0.320 e. The van der Waals surface area contributed by atoms with Gasteiger partial charge < -0.3 is 15.5 Å². The molecule has 0 saturated carbocycles. The molecule has 8 heteroatoms. The number of carbonyl (C=O) groups is 1. The average molecular weight is 339 g/mol. The number of hydrogen-bond acceptors (Lipinski definition) is 6. The molecule has 0 aliphatic heterocycles. The lowest BCUT2D eigenvalue weighted by Crippen LogP contribution is -2.28. The Kier molecular flexibility index (Phi) is 4.82. The molecule has 3 rings (SSSR count). The Bertz CT molecular complexity index is 914. The van der Waals surface area contributed by atoms with Crippen LogP contribution in [-0.4, -0.2) is 37.7 Å². The lowest BCUT2D eigenvalue weighted by molar-refractivity contribution is -0.0424. The predicted molar refractivity (Wildman–Crippen MR) is 92.6 cm³/mol. The summed E-state index contributed by atoms with van der Waals surface area (Å²) in [6.07, 6.45) is 0.0309. The van der Waals surface area contributed by atoms with E-state index in [0.29, 0.717) is 40.3 Å². The van der Waals surface area contributed by atoms with Crippen molar-refractivity contribution in [3.05, 3.63) is 48.2 Å². The lowest BCUT2D eigenvalue weighted by atomic mass is 10.1. The molecule has 0 bridgehead atoms. The number of aliphatic hydroxyl groups is 2. The fourth-order valence-corrected chi connectivity index (χ4v) is 2.29. The molecule has 0 radical (unpaired) electrons. The van der Waals surface area contributed by atoms with Gasteiger partial charge in [0, 0.05) is 17.7 Å². The van der Waals surface area contributed by atoms with Crippen LogP contribution >= 0.6 is 0 Å². The van der Waals surface area contributed by atoms with Crippen LogP contribution in [0, 0.1) is 0 Å². The first kappa shape index (κ1) is 16.7. The molecule has 0 saturated heterocycles. The summed E-state index contributed by atoms with van der Waals surface area (Å²) in [6.45, 7) is 2.33. The van der Waals surface area contributed by atoms with Gasteiger partial charge in [0.1, 0.15) is 11.3 Å². The summed E-state index contributed by atoms with van der Waals surface area (Å²) in [5.41, 5.74) is 2.55. The van der Waals surface area contributed by atoms with Crippen LogP contribution in [0.2, 0.25) is 0 Å². The zero-order valence-corrected chi connectivity index (χ0v) is 13.5. The van der Waals surface area contributed by atoms with E-state index in [0.717, 1.165) is 0 Å². The lowest BCUT2D eigenvalue weighted by Gasteiger charge is -2.08. The third-order valence-electron chi connectivity index (χ3n) is 3.47. The number of aromatic nitrogens is 3. The SMILES string of the molecule is CCNC(=O)Nc1ccc2ncc(-c3cccc(C(O)O)c3)nc2n1. The van der Waals surface area contributed by atoms with Gasteiger partial charge in [0.15, 0.2) is 11.9 Å². The summed E-state index contributed by atoms with van der Waals surface area (Å²) in [4.78, 5) is 24.7. The summed E-state index contributed by atoms with van der Waals surface area (Å²) in [5.74, 6) is 0.365. The molecule has 0 aliphatic rings. The molecule has 25 heavy (non-hydrogen) atoms. The van der Waals surface area contributed by atoms with Gasteiger partial charge in [-0.05, 0) is 25.1 Å². The highest BCUT2D eigenvalue weighted by atomic mass is 16.5. The van der Waals surface area contributed by atoms with Crippen molar-refractivity contribution < 1.29 is 15.0 Å². The van der Waals surface area contributed by atoms with Crippen molar-refractivity contribution in [3.63, 3.8) is 0 Å². The fraction of sp³-hybridized carbons (Fsp3) is 0.176. The van der Waals surface area contributed by atoms with Crippen molar-refractivity contribution in [2.45, 2.75) is 13.2 Å². The molecule has 0 atom stereocenters. The quantitative estimate of drug-likeness (QED) is 0.538. The van der Waals surface area contributed by atoms with E-state index in [2.05, 4.69) is 25.6 Å². The van der Waals surface area contributed by atoms with Gasteiger partial charge in [-0.2, -0.15) is 0 Å². The van der Waals surface area contributed by atoms with Crippen LogP contribution in [0.3, 0.4) is 0 Å². The van der Waals surface area contributed by atoms with Crippen LogP contribution in [0.5, 0.6) is 0 Å². The maximum Gasteiger partial charge on any atom is 0.320 e. The Morgan fingerprint density at radius 1 is 1.20 bits per heavy atom. The number of carbonyl (C=O) groups excluding carboxylic acids is 1. The largest absolute Gasteiger partial charge is 0.364 e. The van der Waals surface area contributed by atoms with E-state index in [1.54, 1.807) is 42.6 Å². The molecule has 2 amide bonds. The molecule has 2 aromatic heterocycles. The number of anilines is 1. The molecular formula is C17H17N5O3. The maximum absolute atomic E-state index is 11.6. The Morgan fingerprint density at radius 2 is 2.04 bits per heavy atom. The van der Waals surface area contributed by atoms with Crippen LogP contribution in [0.25, 0.3) is 22.4 Å². The van der Waals surface area contributed by atoms with E-state index in [1.165, 1.54) is 0 Å². The number of rotatable bonds is 4. The highest BCUT2D eigenvalue weighted by Crippen LogP contribution is 2.22. The first-order valence-electron chi connectivity index (χ1n) is 7.72. The molecule has 2 heterocycles. The van der Waals surface area contributed by atoms with E-state index in [9.17, 15) is 15.0 Å². The normalized spacial score (nSPS) is 10.9. The molecule has 0 unspecified atom stereocenters. The van der Waals surface area contributed by atoms with E-state index < -0.39 is 6.29 Å². The van der Waals surface area contributed by atoms with Crippen molar-refractivity contribution in [1.82, 2.24) is 20.3 Å². The van der Waals surface area contributed by atoms with Gasteiger partial charge in [0.2, 0.25) is 0 Å². The third kappa shape index (κ3) is 3.87. The van der Waals surface area contributed by atoms with Crippen LogP contribution < -0.4 is 10.6 Å². The first-order chi connectivity index (χ1) is 12.1. The summed E-state index contributed by atoms with van der Waals surface area (Å²) < 4.78 is 0. The number of benzene rings is 1. The molecule has 3 aromatic rings.